The van der Waals surface area contributed by atoms with Gasteiger partial charge in [0, 0.05) is 5.25 Å². The fraction of sp³-hybridized carbons (Fsp3) is 0.667. The highest BCUT2D eigenvalue weighted by molar-refractivity contribution is 8.38. The van der Waals surface area contributed by atoms with Crippen LogP contribution in [0.3, 0.4) is 0 Å². The summed E-state index contributed by atoms with van der Waals surface area (Å²) in [5.41, 5.74) is 1.10. The van der Waals surface area contributed by atoms with Crippen molar-refractivity contribution in [2.24, 2.45) is 0 Å². The summed E-state index contributed by atoms with van der Waals surface area (Å²) in [7, 11) is 0. The molecule has 0 saturated heterocycles. The van der Waals surface area contributed by atoms with E-state index in [4.69, 9.17) is 0 Å². The van der Waals surface area contributed by atoms with Crippen LogP contribution < -0.4 is 0 Å². The van der Waals surface area contributed by atoms with Crippen LogP contribution in [0.15, 0.2) is 12.2 Å². The Morgan fingerprint density at radius 3 is 2.50 bits per heavy atom. The topological polar surface area (TPSA) is 17.1 Å². The molecule has 0 spiro atoms. The molecule has 0 bridgehead atoms. The standard InChI is InChI=1S/C9H16OS2/c1-5-6-8(7(2)3)12-9(10)11-4/h8H,2,5-6H2,1,3-4H3. The van der Waals surface area contributed by atoms with Gasteiger partial charge in [0.15, 0.2) is 0 Å². The van der Waals surface area contributed by atoms with Gasteiger partial charge >= 0.3 is 0 Å². The molecule has 0 radical (unpaired) electrons. The smallest absolute Gasteiger partial charge is 0.246 e. The monoisotopic (exact) mass is 204 g/mol. The number of hydrogen-bond acceptors (Lipinski definition) is 3. The van der Waals surface area contributed by atoms with Crippen molar-refractivity contribution in [3.63, 3.8) is 0 Å². The summed E-state index contributed by atoms with van der Waals surface area (Å²) in [5, 5.41) is 0.315. The van der Waals surface area contributed by atoms with Crippen molar-refractivity contribution in [2.45, 2.75) is 31.9 Å². The van der Waals surface area contributed by atoms with E-state index >= 15 is 0 Å². The van der Waals surface area contributed by atoms with Crippen LogP contribution in [0.4, 0.5) is 4.79 Å². The number of hydrogen-bond donors (Lipinski definition) is 0. The van der Waals surface area contributed by atoms with Gasteiger partial charge in [0.25, 0.3) is 0 Å². The molecule has 0 rings (SSSR count). The molecular formula is C9H16OS2. The number of rotatable bonds is 4. The van der Waals surface area contributed by atoms with Crippen LogP contribution in [0, 0.1) is 0 Å². The molecule has 0 aromatic carbocycles. The van der Waals surface area contributed by atoms with Gasteiger partial charge in [-0.1, -0.05) is 49.0 Å². The van der Waals surface area contributed by atoms with Crippen molar-refractivity contribution in [2.75, 3.05) is 6.26 Å². The molecule has 1 atom stereocenters. The van der Waals surface area contributed by atoms with Crippen LogP contribution >= 0.6 is 23.5 Å². The highest BCUT2D eigenvalue weighted by atomic mass is 32.2. The second kappa shape index (κ2) is 6.61. The van der Waals surface area contributed by atoms with Crippen LogP contribution in [0.2, 0.25) is 0 Å². The molecule has 0 saturated carbocycles. The Balaban J connectivity index is 3.95. The third kappa shape index (κ3) is 4.88. The third-order valence-corrected chi connectivity index (χ3v) is 3.74. The maximum atomic E-state index is 11.1. The molecule has 3 heteroatoms. The molecule has 0 heterocycles. The van der Waals surface area contributed by atoms with Gasteiger partial charge in [-0.25, -0.2) is 0 Å². The van der Waals surface area contributed by atoms with Crippen LogP contribution in [0.5, 0.6) is 0 Å². The Morgan fingerprint density at radius 1 is 1.58 bits per heavy atom. The van der Waals surface area contributed by atoms with Gasteiger partial charge in [-0.15, -0.1) is 0 Å². The van der Waals surface area contributed by atoms with Crippen molar-refractivity contribution in [3.05, 3.63) is 12.2 Å². The zero-order valence-corrected chi connectivity index (χ0v) is 9.56. The minimum absolute atomic E-state index is 0.191. The van der Waals surface area contributed by atoms with E-state index in [1.165, 1.54) is 23.5 Å². The maximum Gasteiger partial charge on any atom is 0.246 e. The molecule has 70 valence electrons. The van der Waals surface area contributed by atoms with Gasteiger partial charge in [-0.05, 0) is 19.6 Å². The fourth-order valence-corrected chi connectivity index (χ4v) is 2.35. The highest BCUT2D eigenvalue weighted by Gasteiger charge is 2.13. The van der Waals surface area contributed by atoms with E-state index in [0.29, 0.717) is 5.25 Å². The molecule has 1 nitrogen and oxygen atoms in total. The van der Waals surface area contributed by atoms with E-state index < -0.39 is 0 Å². The van der Waals surface area contributed by atoms with Crippen LogP contribution in [-0.2, 0) is 0 Å². The second-order valence-corrected chi connectivity index (χ2v) is 4.91. The Hall–Kier alpha value is 0.110. The lowest BCUT2D eigenvalue weighted by Crippen LogP contribution is -2.04. The lowest BCUT2D eigenvalue weighted by Gasteiger charge is -2.13. The van der Waals surface area contributed by atoms with E-state index in [1.807, 2.05) is 13.2 Å². The highest BCUT2D eigenvalue weighted by Crippen LogP contribution is 2.27. The molecule has 0 fully saturated rings. The summed E-state index contributed by atoms with van der Waals surface area (Å²) in [4.78, 5) is 11.1. The minimum Gasteiger partial charge on any atom is -0.274 e. The van der Waals surface area contributed by atoms with Crippen molar-refractivity contribution < 1.29 is 4.79 Å². The van der Waals surface area contributed by atoms with E-state index in [0.717, 1.165) is 18.4 Å². The van der Waals surface area contributed by atoms with Crippen molar-refractivity contribution in [1.82, 2.24) is 0 Å². The molecule has 1 unspecified atom stereocenters. The van der Waals surface area contributed by atoms with E-state index in [1.54, 1.807) is 0 Å². The van der Waals surface area contributed by atoms with Crippen molar-refractivity contribution in [3.8, 4) is 0 Å². The number of carbonyl (C=O) groups excluding carboxylic acids is 1. The summed E-state index contributed by atoms with van der Waals surface area (Å²) < 4.78 is 0.191. The normalized spacial score (nSPS) is 12.6. The quantitative estimate of drug-likeness (QED) is 0.645. The first-order chi connectivity index (χ1) is 5.61. The van der Waals surface area contributed by atoms with Gasteiger partial charge in [0.1, 0.15) is 0 Å². The van der Waals surface area contributed by atoms with E-state index in [2.05, 4.69) is 13.5 Å². The van der Waals surface area contributed by atoms with Gasteiger partial charge in [0.2, 0.25) is 4.45 Å². The Bertz CT molecular complexity index is 164. The third-order valence-electron chi connectivity index (χ3n) is 1.51. The molecule has 0 aliphatic carbocycles. The summed E-state index contributed by atoms with van der Waals surface area (Å²) in [5.74, 6) is 0. The number of thioether (sulfide) groups is 2. The molecule has 0 aliphatic rings. The fourth-order valence-electron chi connectivity index (χ4n) is 0.832. The van der Waals surface area contributed by atoms with E-state index in [9.17, 15) is 4.79 Å². The molecule has 0 aliphatic heterocycles. The summed E-state index contributed by atoms with van der Waals surface area (Å²) >= 11 is 2.68. The first-order valence-corrected chi connectivity index (χ1v) is 6.12. The van der Waals surface area contributed by atoms with Gasteiger partial charge < -0.3 is 0 Å². The van der Waals surface area contributed by atoms with Gasteiger partial charge in [0.05, 0.1) is 0 Å². The Kier molecular flexibility index (Phi) is 6.67. The van der Waals surface area contributed by atoms with Crippen LogP contribution in [0.25, 0.3) is 0 Å². The SMILES string of the molecule is C=C(C)C(CCC)SC(=O)SC. The first kappa shape index (κ1) is 12.1. The second-order valence-electron chi connectivity index (χ2n) is 2.70. The van der Waals surface area contributed by atoms with Gasteiger partial charge in [-0.3, -0.25) is 4.79 Å². The molecule has 0 aromatic heterocycles. The number of carbonyl (C=O) groups is 1. The summed E-state index contributed by atoms with van der Waals surface area (Å²) in [6.45, 7) is 7.99. The van der Waals surface area contributed by atoms with Crippen LogP contribution in [-0.4, -0.2) is 16.0 Å². The predicted molar refractivity (Wildman–Crippen MR) is 60.0 cm³/mol. The molecule has 0 N–H and O–H groups in total. The zero-order valence-electron chi connectivity index (χ0n) is 7.92. The van der Waals surface area contributed by atoms with Crippen LogP contribution in [0.1, 0.15) is 26.7 Å². The largest absolute Gasteiger partial charge is 0.274 e. The molecule has 12 heavy (non-hydrogen) atoms. The predicted octanol–water partition coefficient (Wildman–Crippen LogP) is 3.95. The van der Waals surface area contributed by atoms with E-state index in [-0.39, 0.29) is 4.45 Å². The average Bonchev–Trinajstić information content (AvgIpc) is 2.03. The van der Waals surface area contributed by atoms with Crippen molar-refractivity contribution in [1.29, 1.82) is 0 Å². The summed E-state index contributed by atoms with van der Waals surface area (Å²) in [6, 6.07) is 0. The zero-order chi connectivity index (χ0) is 9.56. The lowest BCUT2D eigenvalue weighted by molar-refractivity contribution is 0.276. The molecular weight excluding hydrogens is 188 g/mol. The average molecular weight is 204 g/mol. The van der Waals surface area contributed by atoms with Crippen molar-refractivity contribution >= 4 is 28.0 Å². The van der Waals surface area contributed by atoms with Gasteiger partial charge in [-0.2, -0.15) is 0 Å². The molecule has 0 amide bonds. The first-order valence-electron chi connectivity index (χ1n) is 4.01. The Morgan fingerprint density at radius 2 is 2.17 bits per heavy atom. The maximum absolute atomic E-state index is 11.1. The summed E-state index contributed by atoms with van der Waals surface area (Å²) in [6.07, 6.45) is 3.97. The molecule has 0 aromatic rings. The lowest BCUT2D eigenvalue weighted by atomic mass is 10.1. The Labute approximate surface area is 83.4 Å². The minimum atomic E-state index is 0.191.